The maximum Gasteiger partial charge on any atom is 0.318 e. The van der Waals surface area contributed by atoms with Crippen LogP contribution < -0.4 is 5.32 Å². The van der Waals surface area contributed by atoms with Crippen LogP contribution in [0.15, 0.2) is 66.9 Å². The summed E-state index contributed by atoms with van der Waals surface area (Å²) in [5.41, 5.74) is 0.675. The van der Waals surface area contributed by atoms with Gasteiger partial charge in [-0.2, -0.15) is 0 Å². The summed E-state index contributed by atoms with van der Waals surface area (Å²) in [7, 11) is 1.45. The fourth-order valence-corrected chi connectivity index (χ4v) is 5.41. The average molecular weight is 533 g/mol. The molecule has 0 unspecified atom stereocenters. The maximum absolute atomic E-state index is 13.6. The number of ketones is 1. The molecule has 3 aromatic rings. The zero-order chi connectivity index (χ0) is 27.8. The van der Waals surface area contributed by atoms with Gasteiger partial charge in [0.05, 0.1) is 35.0 Å². The van der Waals surface area contributed by atoms with Crippen LogP contribution in [0.25, 0.3) is 0 Å². The highest BCUT2D eigenvalue weighted by Gasteiger charge is 2.52. The average Bonchev–Trinajstić information content (AvgIpc) is 3.52. The van der Waals surface area contributed by atoms with Gasteiger partial charge in [0.2, 0.25) is 0 Å². The summed E-state index contributed by atoms with van der Waals surface area (Å²) in [5.74, 6) is -0.707. The Kier molecular flexibility index (Phi) is 6.56. The zero-order valence-electron chi connectivity index (χ0n) is 20.8. The number of nitrogens with one attached hydrogen (secondary N) is 1. The number of hydrogen-bond acceptors (Lipinski definition) is 7. The SMILES string of the molecule is CN(Cc1ccccc1[N+](=O)[O-])C(=O)N[C@@H]1C(=O)C[C@@H]2[C@H]1N(Cc1ccccc1[N+](=O)[O-])C(=O)c1cccn12. The van der Waals surface area contributed by atoms with Crippen molar-refractivity contribution in [2.75, 3.05) is 7.05 Å². The van der Waals surface area contributed by atoms with Gasteiger partial charge in [0, 0.05) is 42.9 Å². The number of urea groups is 1. The van der Waals surface area contributed by atoms with Crippen LogP contribution in [0.1, 0.15) is 34.1 Å². The van der Waals surface area contributed by atoms with Crippen molar-refractivity contribution in [1.82, 2.24) is 19.7 Å². The number of carbonyl (C=O) groups excluding carboxylic acids is 3. The van der Waals surface area contributed by atoms with Crippen molar-refractivity contribution >= 4 is 29.1 Å². The lowest BCUT2D eigenvalue weighted by atomic mass is 10.0. The van der Waals surface area contributed by atoms with Crippen LogP contribution >= 0.6 is 0 Å². The standard InChI is InChI=1S/C26H24N6O7/c1-28(14-16-7-2-4-9-18(16)31(36)37)26(35)27-23-22(33)13-21-24(23)30(25(34)20-11-6-12-29(20)21)15-17-8-3-5-10-19(17)32(38)39/h2-12,21,23-24H,13-15H2,1H3,(H,27,35)/t21-,23-,24-/m1/s1. The molecule has 2 aliphatic rings. The Balaban J connectivity index is 1.44. The van der Waals surface area contributed by atoms with Crippen LogP contribution in [0.3, 0.4) is 0 Å². The molecular formula is C26H24N6O7. The minimum absolute atomic E-state index is 0.0474. The van der Waals surface area contributed by atoms with Gasteiger partial charge in [-0.1, -0.05) is 36.4 Å². The summed E-state index contributed by atoms with van der Waals surface area (Å²) in [6.07, 6.45) is 1.75. The molecule has 3 atom stereocenters. The van der Waals surface area contributed by atoms with Gasteiger partial charge in [-0.25, -0.2) is 4.79 Å². The third kappa shape index (κ3) is 4.58. The van der Waals surface area contributed by atoms with Crippen molar-refractivity contribution in [3.05, 3.63) is 104 Å². The third-order valence-electron chi connectivity index (χ3n) is 7.22. The molecule has 5 rings (SSSR count). The fourth-order valence-electron chi connectivity index (χ4n) is 5.41. The lowest BCUT2D eigenvalue weighted by Gasteiger charge is -2.41. The Labute approximate surface area is 221 Å². The lowest BCUT2D eigenvalue weighted by molar-refractivity contribution is -0.385. The maximum atomic E-state index is 13.6. The van der Waals surface area contributed by atoms with Crippen LogP contribution in [0.2, 0.25) is 0 Å². The van der Waals surface area contributed by atoms with Crippen LogP contribution in [0, 0.1) is 20.2 Å². The summed E-state index contributed by atoms with van der Waals surface area (Å²) in [5, 5.41) is 25.7. The summed E-state index contributed by atoms with van der Waals surface area (Å²) in [6.45, 7) is -0.216. The first-order chi connectivity index (χ1) is 18.7. The fraction of sp³-hybridized carbons (Fsp3) is 0.269. The number of aromatic nitrogens is 1. The molecule has 0 bridgehead atoms. The Morgan fingerprint density at radius 1 is 0.974 bits per heavy atom. The Bertz CT molecular complexity index is 1500. The van der Waals surface area contributed by atoms with E-state index in [1.54, 1.807) is 47.2 Å². The van der Waals surface area contributed by atoms with Crippen molar-refractivity contribution in [2.45, 2.75) is 37.6 Å². The minimum Gasteiger partial charge on any atom is -0.338 e. The van der Waals surface area contributed by atoms with E-state index in [-0.39, 0.29) is 36.7 Å². The number of fused-ring (bicyclic) bond motifs is 3. The van der Waals surface area contributed by atoms with Crippen molar-refractivity contribution < 1.29 is 24.2 Å². The van der Waals surface area contributed by atoms with Crippen molar-refractivity contribution in [3.8, 4) is 0 Å². The van der Waals surface area contributed by atoms with Gasteiger partial charge in [0.25, 0.3) is 17.3 Å². The topological polar surface area (TPSA) is 161 Å². The molecule has 2 aromatic carbocycles. The number of hydrogen-bond donors (Lipinski definition) is 1. The number of benzene rings is 2. The molecule has 39 heavy (non-hydrogen) atoms. The molecule has 2 heterocycles. The summed E-state index contributed by atoms with van der Waals surface area (Å²) in [4.78, 5) is 64.5. The van der Waals surface area contributed by atoms with E-state index in [9.17, 15) is 34.6 Å². The van der Waals surface area contributed by atoms with Gasteiger partial charge in [-0.15, -0.1) is 0 Å². The molecule has 1 aromatic heterocycles. The van der Waals surface area contributed by atoms with E-state index >= 15 is 0 Å². The van der Waals surface area contributed by atoms with Gasteiger partial charge in [-0.3, -0.25) is 29.8 Å². The molecule has 13 heteroatoms. The van der Waals surface area contributed by atoms with E-state index in [1.165, 1.54) is 41.1 Å². The number of Topliss-reactive ketones (excluding diaryl/α,β-unsaturated/α-hetero) is 1. The number of para-hydroxylation sites is 2. The highest BCUT2D eigenvalue weighted by Crippen LogP contribution is 2.39. The summed E-state index contributed by atoms with van der Waals surface area (Å²) in [6, 6.07) is 12.4. The minimum atomic E-state index is -1.09. The molecule has 1 aliphatic carbocycles. The molecule has 200 valence electrons. The Morgan fingerprint density at radius 3 is 2.26 bits per heavy atom. The number of rotatable bonds is 7. The third-order valence-corrected chi connectivity index (χ3v) is 7.22. The van der Waals surface area contributed by atoms with E-state index in [0.29, 0.717) is 16.8 Å². The molecule has 1 saturated carbocycles. The largest absolute Gasteiger partial charge is 0.338 e. The van der Waals surface area contributed by atoms with Gasteiger partial charge in [-0.05, 0) is 12.1 Å². The summed E-state index contributed by atoms with van der Waals surface area (Å²) >= 11 is 0. The number of nitro groups is 2. The van der Waals surface area contributed by atoms with Crippen LogP contribution in [-0.2, 0) is 17.9 Å². The van der Waals surface area contributed by atoms with Crippen LogP contribution in [-0.4, -0.2) is 61.1 Å². The molecule has 3 amide bonds. The smallest absolute Gasteiger partial charge is 0.318 e. The Morgan fingerprint density at radius 2 is 1.59 bits per heavy atom. The van der Waals surface area contributed by atoms with E-state index in [1.807, 2.05) is 0 Å². The van der Waals surface area contributed by atoms with Crippen molar-refractivity contribution in [1.29, 1.82) is 0 Å². The summed E-state index contributed by atoms with van der Waals surface area (Å²) < 4.78 is 1.71. The first-order valence-corrected chi connectivity index (χ1v) is 12.1. The second-order valence-electron chi connectivity index (χ2n) is 9.52. The molecule has 0 spiro atoms. The van der Waals surface area contributed by atoms with Gasteiger partial charge < -0.3 is 19.7 Å². The quantitative estimate of drug-likeness (QED) is 0.361. The number of nitro benzene ring substituents is 2. The van der Waals surface area contributed by atoms with E-state index < -0.39 is 39.9 Å². The molecular weight excluding hydrogens is 508 g/mol. The zero-order valence-corrected chi connectivity index (χ0v) is 20.8. The number of amides is 3. The first-order valence-electron chi connectivity index (χ1n) is 12.1. The highest BCUT2D eigenvalue weighted by atomic mass is 16.6. The van der Waals surface area contributed by atoms with Gasteiger partial charge in [0.15, 0.2) is 5.78 Å². The Hall–Kier alpha value is -5.07. The predicted octanol–water partition coefficient (Wildman–Crippen LogP) is 3.05. The molecule has 13 nitrogen and oxygen atoms in total. The van der Waals surface area contributed by atoms with Gasteiger partial charge in [0.1, 0.15) is 11.7 Å². The second kappa shape index (κ2) is 10.0. The number of carbonyl (C=O) groups is 3. The molecule has 1 aliphatic heterocycles. The van der Waals surface area contributed by atoms with E-state index in [0.717, 1.165) is 0 Å². The van der Waals surface area contributed by atoms with Gasteiger partial charge >= 0.3 is 6.03 Å². The second-order valence-corrected chi connectivity index (χ2v) is 9.52. The monoisotopic (exact) mass is 532 g/mol. The van der Waals surface area contributed by atoms with E-state index in [2.05, 4.69) is 5.32 Å². The van der Waals surface area contributed by atoms with Crippen LogP contribution in [0.4, 0.5) is 16.2 Å². The number of nitrogens with zero attached hydrogens (tertiary/aromatic N) is 5. The lowest BCUT2D eigenvalue weighted by Crippen LogP contribution is -2.58. The van der Waals surface area contributed by atoms with E-state index in [4.69, 9.17) is 0 Å². The first kappa shape index (κ1) is 25.6. The predicted molar refractivity (Wildman–Crippen MR) is 137 cm³/mol. The highest BCUT2D eigenvalue weighted by molar-refractivity contribution is 5.98. The molecule has 1 fully saturated rings. The molecule has 1 N–H and O–H groups in total. The van der Waals surface area contributed by atoms with Crippen LogP contribution in [0.5, 0.6) is 0 Å². The van der Waals surface area contributed by atoms with Crippen molar-refractivity contribution in [3.63, 3.8) is 0 Å². The normalized spacial score (nSPS) is 19.8. The molecule has 0 saturated heterocycles. The molecule has 0 radical (unpaired) electrons. The van der Waals surface area contributed by atoms with Crippen molar-refractivity contribution in [2.24, 2.45) is 0 Å².